The molecule has 1 fully saturated rings. The Hall–Kier alpha value is -2.56. The number of nitrogens with one attached hydrogen (secondary N) is 1. The van der Waals surface area contributed by atoms with E-state index in [4.69, 9.17) is 14.5 Å². The van der Waals surface area contributed by atoms with E-state index in [-0.39, 0.29) is 11.5 Å². The smallest absolute Gasteiger partial charge is 0.253 e. The Morgan fingerprint density at radius 3 is 2.68 bits per heavy atom. The SMILES string of the molecule is Cc1cc(-c2nc3cc(CN[C@H](C(O)OCC(C)C)[C@@H](C)O)ccc3n2C[C@H]2CCCOC2)cn(C)c1=O. The monoisotopic (exact) mass is 526 g/mol. The molecular weight excluding hydrogens is 484 g/mol. The van der Waals surface area contributed by atoms with Crippen LogP contribution in [0.15, 0.2) is 35.3 Å². The van der Waals surface area contributed by atoms with Gasteiger partial charge >= 0.3 is 0 Å². The maximum atomic E-state index is 12.3. The molecule has 0 radical (unpaired) electrons. The third-order valence-corrected chi connectivity index (χ3v) is 7.10. The number of rotatable bonds is 11. The van der Waals surface area contributed by atoms with Gasteiger partial charge in [-0.25, -0.2) is 4.98 Å². The fourth-order valence-electron chi connectivity index (χ4n) is 5.04. The predicted molar refractivity (Wildman–Crippen MR) is 148 cm³/mol. The summed E-state index contributed by atoms with van der Waals surface area (Å²) in [6.07, 6.45) is 2.10. The van der Waals surface area contributed by atoms with E-state index in [1.165, 1.54) is 0 Å². The third kappa shape index (κ3) is 6.71. The molecule has 9 heteroatoms. The van der Waals surface area contributed by atoms with E-state index in [1.807, 2.05) is 45.2 Å². The fraction of sp³-hybridized carbons (Fsp3) is 0.586. The lowest BCUT2D eigenvalue weighted by molar-refractivity contribution is -0.144. The van der Waals surface area contributed by atoms with Crippen molar-refractivity contribution in [2.75, 3.05) is 19.8 Å². The summed E-state index contributed by atoms with van der Waals surface area (Å²) in [4.78, 5) is 17.4. The van der Waals surface area contributed by atoms with Gasteiger partial charge in [-0.05, 0) is 56.4 Å². The number of hydrogen-bond acceptors (Lipinski definition) is 7. The number of aliphatic hydroxyl groups is 2. The maximum absolute atomic E-state index is 12.3. The minimum absolute atomic E-state index is 0.0160. The molecule has 3 N–H and O–H groups in total. The number of hydrogen-bond donors (Lipinski definition) is 3. The van der Waals surface area contributed by atoms with Crippen LogP contribution in [0.4, 0.5) is 0 Å². The Bertz CT molecular complexity index is 1250. The Morgan fingerprint density at radius 1 is 1.24 bits per heavy atom. The molecule has 3 aromatic rings. The summed E-state index contributed by atoms with van der Waals surface area (Å²) >= 11 is 0. The van der Waals surface area contributed by atoms with Crippen molar-refractivity contribution in [2.24, 2.45) is 18.9 Å². The highest BCUT2D eigenvalue weighted by Gasteiger charge is 2.25. The number of pyridine rings is 1. The molecule has 1 aliphatic rings. The highest BCUT2D eigenvalue weighted by molar-refractivity contribution is 5.81. The van der Waals surface area contributed by atoms with Crippen LogP contribution in [-0.4, -0.2) is 62.6 Å². The summed E-state index contributed by atoms with van der Waals surface area (Å²) in [6, 6.07) is 7.43. The first-order valence-electron chi connectivity index (χ1n) is 13.6. The highest BCUT2D eigenvalue weighted by atomic mass is 16.6. The van der Waals surface area contributed by atoms with Crippen molar-refractivity contribution in [3.8, 4) is 11.4 Å². The molecule has 4 atom stereocenters. The first-order chi connectivity index (χ1) is 18.1. The standard InChI is InChI=1S/C29H42N4O5/c1-18(2)16-38-29(36)26(20(4)34)30-13-21-8-9-25-24(12-21)31-27(23-11-19(3)28(35)32(5)15-23)33(25)14-22-7-6-10-37-17-22/h8-9,11-12,15,18,20,22,26,29-30,34,36H,6-7,10,13-14,16-17H2,1-5H3/t20-,22-,26+,29?/m1/s1. The van der Waals surface area contributed by atoms with Crippen LogP contribution in [0.1, 0.15) is 44.7 Å². The zero-order valence-electron chi connectivity index (χ0n) is 23.2. The van der Waals surface area contributed by atoms with Gasteiger partial charge in [-0.15, -0.1) is 0 Å². The van der Waals surface area contributed by atoms with Crippen LogP contribution in [0.25, 0.3) is 22.4 Å². The van der Waals surface area contributed by atoms with Gasteiger partial charge in [0.1, 0.15) is 5.82 Å². The second kappa shape index (κ2) is 12.5. The molecule has 2 aromatic heterocycles. The van der Waals surface area contributed by atoms with E-state index in [9.17, 15) is 15.0 Å². The Kier molecular flexibility index (Phi) is 9.38. The molecule has 1 aromatic carbocycles. The van der Waals surface area contributed by atoms with Gasteiger partial charge in [0.25, 0.3) is 5.56 Å². The molecule has 0 aliphatic carbocycles. The summed E-state index contributed by atoms with van der Waals surface area (Å²) in [5.41, 5.74) is 4.42. The zero-order chi connectivity index (χ0) is 27.4. The number of ether oxygens (including phenoxy) is 2. The van der Waals surface area contributed by atoms with Crippen LogP contribution in [0.3, 0.4) is 0 Å². The fourth-order valence-corrected chi connectivity index (χ4v) is 5.04. The van der Waals surface area contributed by atoms with Crippen LogP contribution in [-0.2, 0) is 29.6 Å². The van der Waals surface area contributed by atoms with Crippen LogP contribution in [0.2, 0.25) is 0 Å². The number of aromatic nitrogens is 3. The molecule has 3 heterocycles. The molecule has 208 valence electrons. The number of imidazole rings is 1. The van der Waals surface area contributed by atoms with E-state index in [2.05, 4.69) is 16.0 Å². The quantitative estimate of drug-likeness (QED) is 0.330. The minimum Gasteiger partial charge on any atom is -0.392 e. The number of benzene rings is 1. The van der Waals surface area contributed by atoms with Crippen LogP contribution >= 0.6 is 0 Å². The van der Waals surface area contributed by atoms with Gasteiger partial charge in [-0.1, -0.05) is 19.9 Å². The molecule has 1 aliphatic heterocycles. The second-order valence-electron chi connectivity index (χ2n) is 11.0. The Balaban J connectivity index is 1.63. The van der Waals surface area contributed by atoms with Gasteiger partial charge in [0.2, 0.25) is 0 Å². The van der Waals surface area contributed by atoms with Crippen molar-refractivity contribution in [2.45, 2.75) is 72.1 Å². The van der Waals surface area contributed by atoms with Crippen molar-refractivity contribution < 1.29 is 19.7 Å². The summed E-state index contributed by atoms with van der Waals surface area (Å²) in [7, 11) is 1.77. The van der Waals surface area contributed by atoms with Gasteiger partial charge in [-0.2, -0.15) is 0 Å². The first-order valence-corrected chi connectivity index (χ1v) is 13.6. The summed E-state index contributed by atoms with van der Waals surface area (Å²) in [5, 5.41) is 23.9. The molecule has 0 bridgehead atoms. The van der Waals surface area contributed by atoms with E-state index in [0.29, 0.717) is 24.6 Å². The second-order valence-corrected chi connectivity index (χ2v) is 11.0. The molecule has 0 amide bonds. The maximum Gasteiger partial charge on any atom is 0.253 e. The molecule has 0 saturated carbocycles. The van der Waals surface area contributed by atoms with Crippen molar-refractivity contribution in [1.29, 1.82) is 0 Å². The minimum atomic E-state index is -1.11. The van der Waals surface area contributed by atoms with E-state index in [0.717, 1.165) is 60.6 Å². The van der Waals surface area contributed by atoms with Gasteiger partial charge in [-0.3, -0.25) is 4.79 Å². The van der Waals surface area contributed by atoms with E-state index in [1.54, 1.807) is 18.5 Å². The van der Waals surface area contributed by atoms with Gasteiger partial charge in [0.15, 0.2) is 6.29 Å². The van der Waals surface area contributed by atoms with Gasteiger partial charge in [0, 0.05) is 50.0 Å². The van der Waals surface area contributed by atoms with Gasteiger partial charge in [0.05, 0.1) is 36.4 Å². The summed E-state index contributed by atoms with van der Waals surface area (Å²) < 4.78 is 15.1. The lowest BCUT2D eigenvalue weighted by atomic mass is 10.0. The number of aliphatic hydroxyl groups excluding tert-OH is 2. The number of nitrogens with zero attached hydrogens (tertiary/aromatic N) is 3. The summed E-state index contributed by atoms with van der Waals surface area (Å²) in [6.45, 7) is 10.7. The number of fused-ring (bicyclic) bond motifs is 1. The molecule has 0 spiro atoms. The zero-order valence-corrected chi connectivity index (χ0v) is 23.2. The Labute approximate surface area is 224 Å². The topological polar surface area (TPSA) is 111 Å². The van der Waals surface area contributed by atoms with Crippen molar-refractivity contribution >= 4 is 11.0 Å². The molecule has 1 unspecified atom stereocenters. The molecule has 4 rings (SSSR count). The normalized spacial score (nSPS) is 18.7. The van der Waals surface area contributed by atoms with Crippen molar-refractivity contribution in [3.05, 3.63) is 51.9 Å². The molecule has 9 nitrogen and oxygen atoms in total. The highest BCUT2D eigenvalue weighted by Crippen LogP contribution is 2.28. The molecule has 38 heavy (non-hydrogen) atoms. The van der Waals surface area contributed by atoms with Crippen LogP contribution in [0, 0.1) is 18.8 Å². The van der Waals surface area contributed by atoms with Crippen LogP contribution in [0.5, 0.6) is 0 Å². The number of aryl methyl sites for hydroxylation is 2. The van der Waals surface area contributed by atoms with E-state index >= 15 is 0 Å². The first kappa shape index (κ1) is 28.4. The largest absolute Gasteiger partial charge is 0.392 e. The third-order valence-electron chi connectivity index (χ3n) is 7.10. The lowest BCUT2D eigenvalue weighted by Crippen LogP contribution is -2.48. The van der Waals surface area contributed by atoms with Crippen LogP contribution < -0.4 is 10.9 Å². The molecule has 1 saturated heterocycles. The van der Waals surface area contributed by atoms with Gasteiger partial charge < -0.3 is 34.1 Å². The Morgan fingerprint density at radius 2 is 2.03 bits per heavy atom. The molecular formula is C29H42N4O5. The lowest BCUT2D eigenvalue weighted by Gasteiger charge is -2.27. The van der Waals surface area contributed by atoms with E-state index < -0.39 is 18.4 Å². The average Bonchev–Trinajstić information content (AvgIpc) is 3.23. The van der Waals surface area contributed by atoms with Crippen molar-refractivity contribution in [3.63, 3.8) is 0 Å². The van der Waals surface area contributed by atoms with Crippen molar-refractivity contribution in [1.82, 2.24) is 19.4 Å². The average molecular weight is 527 g/mol. The predicted octanol–water partition coefficient (Wildman–Crippen LogP) is 2.97. The summed E-state index contributed by atoms with van der Waals surface area (Å²) in [5.74, 6) is 1.50.